The summed E-state index contributed by atoms with van der Waals surface area (Å²) in [5, 5.41) is 0. The van der Waals surface area contributed by atoms with Crippen LogP contribution < -0.4 is 0 Å². The van der Waals surface area contributed by atoms with E-state index in [1.165, 1.54) is 14.0 Å². The highest BCUT2D eigenvalue weighted by Gasteiger charge is 2.47. The molecule has 1 heterocycles. The molecule has 0 aromatic heterocycles. The number of Topliss-reactive ketones (excluding diaryl/α,β-unsaturated/α-hetero) is 1. The lowest BCUT2D eigenvalue weighted by atomic mass is 9.92. The van der Waals surface area contributed by atoms with Gasteiger partial charge >= 0.3 is 5.97 Å². The number of methoxy groups -OCH3 is 1. The Morgan fingerprint density at radius 2 is 2.14 bits per heavy atom. The van der Waals surface area contributed by atoms with Gasteiger partial charge in [0.2, 0.25) is 0 Å². The van der Waals surface area contributed by atoms with E-state index in [0.717, 1.165) is 44.1 Å². The number of allylic oxidation sites excluding steroid dienone is 2. The van der Waals surface area contributed by atoms with E-state index in [9.17, 15) is 9.59 Å². The summed E-state index contributed by atoms with van der Waals surface area (Å²) >= 11 is 0. The SMILES string of the molecule is COC(=O)C1(C)OOC(CCCC/C=C2\CCCCC2=O)O1. The predicted octanol–water partition coefficient (Wildman–Crippen LogP) is 2.81. The van der Waals surface area contributed by atoms with Crippen molar-refractivity contribution in [3.05, 3.63) is 11.6 Å². The second-order valence-electron chi connectivity index (χ2n) is 5.81. The summed E-state index contributed by atoms with van der Waals surface area (Å²) < 4.78 is 10.0. The second kappa shape index (κ2) is 7.85. The largest absolute Gasteiger partial charge is 0.465 e. The Hall–Kier alpha value is -1.24. The minimum absolute atomic E-state index is 0.302. The quantitative estimate of drug-likeness (QED) is 0.325. The molecule has 0 radical (unpaired) electrons. The van der Waals surface area contributed by atoms with Crippen LogP contribution in [0.15, 0.2) is 11.6 Å². The van der Waals surface area contributed by atoms with E-state index in [4.69, 9.17) is 14.5 Å². The number of unbranched alkanes of at least 4 members (excludes halogenated alkanes) is 2. The van der Waals surface area contributed by atoms with Crippen LogP contribution in [0.4, 0.5) is 0 Å². The molecule has 22 heavy (non-hydrogen) atoms. The van der Waals surface area contributed by atoms with Crippen LogP contribution in [-0.2, 0) is 28.8 Å². The lowest BCUT2D eigenvalue weighted by Crippen LogP contribution is -2.38. The van der Waals surface area contributed by atoms with E-state index < -0.39 is 18.0 Å². The zero-order valence-corrected chi connectivity index (χ0v) is 13.3. The fraction of sp³-hybridized carbons (Fsp3) is 0.750. The van der Waals surface area contributed by atoms with E-state index >= 15 is 0 Å². The molecule has 124 valence electrons. The van der Waals surface area contributed by atoms with Crippen molar-refractivity contribution in [3.8, 4) is 0 Å². The molecule has 0 aromatic rings. The van der Waals surface area contributed by atoms with Crippen LogP contribution in [0.1, 0.15) is 58.3 Å². The first-order chi connectivity index (χ1) is 10.5. The monoisotopic (exact) mass is 312 g/mol. The maximum absolute atomic E-state index is 11.7. The smallest absolute Gasteiger partial charge is 0.369 e. The highest BCUT2D eigenvalue weighted by Crippen LogP contribution is 2.28. The number of hydrogen-bond donors (Lipinski definition) is 0. The number of carbonyl (C=O) groups is 2. The van der Waals surface area contributed by atoms with Crippen molar-refractivity contribution in [1.82, 2.24) is 0 Å². The van der Waals surface area contributed by atoms with Gasteiger partial charge in [0.1, 0.15) is 0 Å². The number of ketones is 1. The first kappa shape index (κ1) is 17.1. The molecule has 2 rings (SSSR count). The number of esters is 1. The summed E-state index contributed by atoms with van der Waals surface area (Å²) in [4.78, 5) is 33.1. The fourth-order valence-corrected chi connectivity index (χ4v) is 2.66. The van der Waals surface area contributed by atoms with Crippen molar-refractivity contribution in [2.75, 3.05) is 7.11 Å². The highest BCUT2D eigenvalue weighted by molar-refractivity contribution is 5.95. The molecule has 2 unspecified atom stereocenters. The molecule has 6 heteroatoms. The number of rotatable bonds is 6. The molecule has 1 aliphatic heterocycles. The molecule has 2 atom stereocenters. The van der Waals surface area contributed by atoms with E-state index in [1.54, 1.807) is 0 Å². The molecular formula is C16H24O6. The van der Waals surface area contributed by atoms with Gasteiger partial charge in [-0.3, -0.25) is 4.79 Å². The van der Waals surface area contributed by atoms with Crippen LogP contribution in [0.2, 0.25) is 0 Å². The van der Waals surface area contributed by atoms with Crippen LogP contribution in [0, 0.1) is 0 Å². The standard InChI is InChI=1S/C16H24O6/c1-16(15(18)19-2)20-14(21-22-16)11-5-3-4-8-12-9-6-7-10-13(12)17/h8,14H,3-7,9-11H2,1-2H3/b12-8+. The summed E-state index contributed by atoms with van der Waals surface area (Å²) in [5.74, 6) is -1.79. The van der Waals surface area contributed by atoms with Crippen molar-refractivity contribution in [1.29, 1.82) is 0 Å². The Bertz CT molecular complexity index is 444. The molecule has 2 fully saturated rings. The summed E-state index contributed by atoms with van der Waals surface area (Å²) in [6, 6.07) is 0. The molecule has 0 aromatic carbocycles. The van der Waals surface area contributed by atoms with Gasteiger partial charge in [0.15, 0.2) is 12.1 Å². The summed E-state index contributed by atoms with van der Waals surface area (Å²) in [6.45, 7) is 1.47. The number of carbonyl (C=O) groups excluding carboxylic acids is 2. The van der Waals surface area contributed by atoms with Gasteiger partial charge in [-0.1, -0.05) is 6.08 Å². The second-order valence-corrected chi connectivity index (χ2v) is 5.81. The Morgan fingerprint density at radius 1 is 1.36 bits per heavy atom. The number of hydrogen-bond acceptors (Lipinski definition) is 6. The molecule has 2 aliphatic rings. The van der Waals surface area contributed by atoms with Gasteiger partial charge in [-0.25, -0.2) is 9.68 Å². The van der Waals surface area contributed by atoms with Gasteiger partial charge in [0.25, 0.3) is 5.79 Å². The Labute approximate surface area is 130 Å². The third-order valence-corrected chi connectivity index (χ3v) is 3.97. The third-order valence-electron chi connectivity index (χ3n) is 3.97. The van der Waals surface area contributed by atoms with Gasteiger partial charge < -0.3 is 9.47 Å². The first-order valence-electron chi connectivity index (χ1n) is 7.88. The fourth-order valence-electron chi connectivity index (χ4n) is 2.66. The van der Waals surface area contributed by atoms with Gasteiger partial charge in [-0.15, -0.1) is 0 Å². The van der Waals surface area contributed by atoms with Gasteiger partial charge in [0.05, 0.1) is 7.11 Å². The minimum atomic E-state index is -1.48. The molecule has 0 N–H and O–H groups in total. The lowest BCUT2D eigenvalue weighted by molar-refractivity contribution is -0.321. The average molecular weight is 312 g/mol. The van der Waals surface area contributed by atoms with E-state index in [1.807, 2.05) is 0 Å². The zero-order valence-electron chi connectivity index (χ0n) is 13.3. The first-order valence-corrected chi connectivity index (χ1v) is 7.88. The molecule has 0 spiro atoms. The Kier molecular flexibility index (Phi) is 6.11. The highest BCUT2D eigenvalue weighted by atomic mass is 17.3. The maximum Gasteiger partial charge on any atom is 0.369 e. The average Bonchev–Trinajstić information content (AvgIpc) is 2.90. The van der Waals surface area contributed by atoms with Crippen molar-refractivity contribution >= 4 is 11.8 Å². The van der Waals surface area contributed by atoms with Crippen molar-refractivity contribution in [2.45, 2.75) is 70.4 Å². The Morgan fingerprint density at radius 3 is 2.86 bits per heavy atom. The van der Waals surface area contributed by atoms with Gasteiger partial charge in [-0.2, -0.15) is 4.89 Å². The molecule has 0 bridgehead atoms. The number of ether oxygens (including phenoxy) is 2. The van der Waals surface area contributed by atoms with E-state index in [0.29, 0.717) is 18.6 Å². The molecule has 1 saturated carbocycles. The van der Waals surface area contributed by atoms with Crippen LogP contribution >= 0.6 is 0 Å². The Balaban J connectivity index is 1.64. The normalized spacial score (nSPS) is 30.7. The summed E-state index contributed by atoms with van der Waals surface area (Å²) in [5.41, 5.74) is 0.987. The summed E-state index contributed by atoms with van der Waals surface area (Å²) in [7, 11) is 1.27. The van der Waals surface area contributed by atoms with Gasteiger partial charge in [-0.05, 0) is 44.1 Å². The molecule has 6 nitrogen and oxygen atoms in total. The predicted molar refractivity (Wildman–Crippen MR) is 77.5 cm³/mol. The van der Waals surface area contributed by atoms with Crippen molar-refractivity contribution in [2.24, 2.45) is 0 Å². The molecule has 0 amide bonds. The van der Waals surface area contributed by atoms with Crippen molar-refractivity contribution in [3.63, 3.8) is 0 Å². The van der Waals surface area contributed by atoms with Gasteiger partial charge in [0, 0.05) is 19.8 Å². The van der Waals surface area contributed by atoms with E-state index in [-0.39, 0.29) is 0 Å². The summed E-state index contributed by atoms with van der Waals surface area (Å²) in [6.07, 6.45) is 8.56. The zero-order chi connectivity index (χ0) is 16.0. The van der Waals surface area contributed by atoms with Crippen LogP contribution in [0.25, 0.3) is 0 Å². The maximum atomic E-state index is 11.7. The van der Waals surface area contributed by atoms with Crippen LogP contribution in [0.3, 0.4) is 0 Å². The van der Waals surface area contributed by atoms with E-state index in [2.05, 4.69) is 10.8 Å². The topological polar surface area (TPSA) is 71.1 Å². The van der Waals surface area contributed by atoms with Crippen LogP contribution in [-0.4, -0.2) is 30.9 Å². The molecule has 1 saturated heterocycles. The van der Waals surface area contributed by atoms with Crippen molar-refractivity contribution < 1.29 is 28.8 Å². The minimum Gasteiger partial charge on any atom is -0.465 e. The molecule has 1 aliphatic carbocycles. The van der Waals surface area contributed by atoms with Crippen LogP contribution in [0.5, 0.6) is 0 Å². The molecular weight excluding hydrogens is 288 g/mol. The lowest BCUT2D eigenvalue weighted by Gasteiger charge is -2.16. The third kappa shape index (κ3) is 4.38.